The van der Waals surface area contributed by atoms with Gasteiger partial charge in [0.25, 0.3) is 5.92 Å². The van der Waals surface area contributed by atoms with Crippen LogP contribution in [0.5, 0.6) is 0 Å². The van der Waals surface area contributed by atoms with Crippen molar-refractivity contribution in [2.75, 3.05) is 6.61 Å². The molecule has 1 unspecified atom stereocenters. The largest absolute Gasteiger partial charge is 0.376 e. The van der Waals surface area contributed by atoms with Crippen LogP contribution >= 0.6 is 27.5 Å². The average molecular weight is 388 g/mol. The Bertz CT molecular complexity index is 675. The summed E-state index contributed by atoms with van der Waals surface area (Å²) >= 11 is 9.21. The van der Waals surface area contributed by atoms with Gasteiger partial charge in [-0.3, -0.25) is 0 Å². The third-order valence-corrected chi connectivity index (χ3v) is 4.75. The monoisotopic (exact) mass is 386 g/mol. The Morgan fingerprint density at radius 2 is 1.82 bits per heavy atom. The lowest BCUT2D eigenvalue weighted by Gasteiger charge is -2.17. The van der Waals surface area contributed by atoms with Crippen LogP contribution in [0, 0.1) is 0 Å². The fraction of sp³-hybridized carbons (Fsp3) is 0.294. The Balaban J connectivity index is 1.70. The van der Waals surface area contributed by atoms with Crippen molar-refractivity contribution in [3.05, 3.63) is 69.2 Å². The molecule has 0 saturated heterocycles. The van der Waals surface area contributed by atoms with Gasteiger partial charge >= 0.3 is 0 Å². The third kappa shape index (κ3) is 3.05. The first-order valence-electron chi connectivity index (χ1n) is 6.89. The minimum atomic E-state index is -2.72. The summed E-state index contributed by atoms with van der Waals surface area (Å²) in [6.07, 6.45) is -0.180. The van der Waals surface area contributed by atoms with Gasteiger partial charge in [0.05, 0.1) is 18.6 Å². The van der Waals surface area contributed by atoms with E-state index in [-0.39, 0.29) is 13.0 Å². The summed E-state index contributed by atoms with van der Waals surface area (Å²) in [5.74, 6) is -2.72. The first-order valence-corrected chi connectivity index (χ1v) is 8.06. The van der Waals surface area contributed by atoms with Gasteiger partial charge in [-0.1, -0.05) is 51.8 Å². The smallest absolute Gasteiger partial charge is 0.261 e. The summed E-state index contributed by atoms with van der Waals surface area (Å²) in [6.45, 7) is 0.305. The molecule has 0 spiro atoms. The van der Waals surface area contributed by atoms with Crippen LogP contribution in [0.25, 0.3) is 0 Å². The van der Waals surface area contributed by atoms with E-state index in [0.29, 0.717) is 17.2 Å². The number of ether oxygens (including phenoxy) is 1. The molecule has 1 atom stereocenters. The predicted octanol–water partition coefficient (Wildman–Crippen LogP) is 5.60. The van der Waals surface area contributed by atoms with Crippen molar-refractivity contribution < 1.29 is 13.5 Å². The van der Waals surface area contributed by atoms with E-state index in [9.17, 15) is 8.78 Å². The SMILES string of the molecule is FC1(F)CC1(COCc1cccc(Br)c1)c1ccc(Cl)cc1. The van der Waals surface area contributed by atoms with Crippen LogP contribution in [0.1, 0.15) is 17.5 Å². The van der Waals surface area contributed by atoms with Gasteiger partial charge in [0.1, 0.15) is 0 Å². The van der Waals surface area contributed by atoms with Crippen LogP contribution in [0.4, 0.5) is 8.78 Å². The Morgan fingerprint density at radius 1 is 1.14 bits per heavy atom. The standard InChI is InChI=1S/C17H14BrClF2O/c18-14-3-1-2-12(8-14)9-22-11-16(10-17(16,20)21)13-4-6-15(19)7-5-13/h1-8H,9-11H2. The van der Waals surface area contributed by atoms with E-state index in [1.807, 2.05) is 24.3 Å². The Kier molecular flexibility index (Phi) is 4.27. The second-order valence-corrected chi connectivity index (χ2v) is 6.95. The molecule has 0 amide bonds. The topological polar surface area (TPSA) is 9.23 Å². The number of halogens is 4. The fourth-order valence-corrected chi connectivity index (χ4v) is 3.20. The lowest BCUT2D eigenvalue weighted by atomic mass is 9.96. The number of rotatable bonds is 5. The van der Waals surface area contributed by atoms with E-state index in [2.05, 4.69) is 15.9 Å². The van der Waals surface area contributed by atoms with Gasteiger partial charge in [-0.25, -0.2) is 8.78 Å². The van der Waals surface area contributed by atoms with Crippen molar-refractivity contribution in [2.45, 2.75) is 24.4 Å². The number of hydrogen-bond acceptors (Lipinski definition) is 1. The minimum Gasteiger partial charge on any atom is -0.376 e. The van der Waals surface area contributed by atoms with Gasteiger partial charge in [0.2, 0.25) is 0 Å². The first kappa shape index (κ1) is 15.9. The third-order valence-electron chi connectivity index (χ3n) is 4.00. The lowest BCUT2D eigenvalue weighted by Crippen LogP contribution is -2.23. The predicted molar refractivity (Wildman–Crippen MR) is 86.5 cm³/mol. The van der Waals surface area contributed by atoms with Crippen molar-refractivity contribution in [1.29, 1.82) is 0 Å². The summed E-state index contributed by atoms with van der Waals surface area (Å²) < 4.78 is 34.3. The Labute approximate surface area is 141 Å². The zero-order chi connectivity index (χ0) is 15.8. The molecule has 1 saturated carbocycles. The Morgan fingerprint density at radius 3 is 2.41 bits per heavy atom. The summed E-state index contributed by atoms with van der Waals surface area (Å²) in [5.41, 5.74) is 0.310. The maximum atomic E-state index is 13.9. The van der Waals surface area contributed by atoms with E-state index in [1.54, 1.807) is 24.3 Å². The van der Waals surface area contributed by atoms with E-state index in [4.69, 9.17) is 16.3 Å². The van der Waals surface area contributed by atoms with Crippen LogP contribution in [-0.4, -0.2) is 12.5 Å². The normalized spacial score (nSPS) is 22.5. The van der Waals surface area contributed by atoms with E-state index >= 15 is 0 Å². The minimum absolute atomic E-state index is 0.00581. The van der Waals surface area contributed by atoms with Crippen LogP contribution in [-0.2, 0) is 16.8 Å². The number of benzene rings is 2. The lowest BCUT2D eigenvalue weighted by molar-refractivity contribution is 0.0335. The Hall–Kier alpha value is -0.970. The molecule has 0 heterocycles. The maximum Gasteiger partial charge on any atom is 0.261 e. The van der Waals surface area contributed by atoms with Crippen LogP contribution in [0.3, 0.4) is 0 Å². The zero-order valence-corrected chi connectivity index (χ0v) is 14.0. The van der Waals surface area contributed by atoms with Gasteiger partial charge in [-0.2, -0.15) is 0 Å². The molecule has 2 aromatic rings. The van der Waals surface area contributed by atoms with Crippen LogP contribution in [0.2, 0.25) is 5.02 Å². The molecular formula is C17H14BrClF2O. The molecule has 1 fully saturated rings. The molecule has 0 bridgehead atoms. The van der Waals surface area contributed by atoms with Crippen molar-refractivity contribution in [2.24, 2.45) is 0 Å². The van der Waals surface area contributed by atoms with Gasteiger partial charge in [0, 0.05) is 15.9 Å². The van der Waals surface area contributed by atoms with Crippen molar-refractivity contribution in [3.63, 3.8) is 0 Å². The molecule has 0 aliphatic heterocycles. The van der Waals surface area contributed by atoms with E-state index in [1.165, 1.54) is 0 Å². The second-order valence-electron chi connectivity index (χ2n) is 5.59. The van der Waals surface area contributed by atoms with Gasteiger partial charge in [-0.05, 0) is 35.4 Å². The van der Waals surface area contributed by atoms with Gasteiger partial charge in [0.15, 0.2) is 0 Å². The average Bonchev–Trinajstić information content (AvgIpc) is 3.02. The van der Waals surface area contributed by atoms with E-state index < -0.39 is 11.3 Å². The maximum absolute atomic E-state index is 13.9. The number of alkyl halides is 2. The molecule has 1 aliphatic rings. The van der Waals surface area contributed by atoms with Crippen molar-refractivity contribution in [1.82, 2.24) is 0 Å². The molecule has 0 aromatic heterocycles. The summed E-state index contributed by atoms with van der Waals surface area (Å²) in [6, 6.07) is 14.2. The van der Waals surface area contributed by atoms with Crippen LogP contribution < -0.4 is 0 Å². The molecule has 3 rings (SSSR count). The highest BCUT2D eigenvalue weighted by atomic mass is 79.9. The molecule has 22 heavy (non-hydrogen) atoms. The molecule has 0 N–H and O–H groups in total. The summed E-state index contributed by atoms with van der Waals surface area (Å²) in [4.78, 5) is 0. The molecule has 2 aromatic carbocycles. The molecule has 5 heteroatoms. The second kappa shape index (κ2) is 5.91. The van der Waals surface area contributed by atoms with E-state index in [0.717, 1.165) is 10.0 Å². The zero-order valence-electron chi connectivity index (χ0n) is 11.7. The summed E-state index contributed by atoms with van der Waals surface area (Å²) in [5, 5.41) is 0.540. The van der Waals surface area contributed by atoms with Gasteiger partial charge in [-0.15, -0.1) is 0 Å². The quantitative estimate of drug-likeness (QED) is 0.649. The van der Waals surface area contributed by atoms with Crippen LogP contribution in [0.15, 0.2) is 53.0 Å². The highest BCUT2D eigenvalue weighted by Crippen LogP contribution is 2.61. The van der Waals surface area contributed by atoms with Crippen molar-refractivity contribution in [3.8, 4) is 0 Å². The summed E-state index contributed by atoms with van der Waals surface area (Å²) in [7, 11) is 0. The molecule has 1 aliphatic carbocycles. The molecule has 1 nitrogen and oxygen atoms in total. The van der Waals surface area contributed by atoms with Crippen molar-refractivity contribution >= 4 is 27.5 Å². The first-order chi connectivity index (χ1) is 10.4. The molecule has 116 valence electrons. The fourth-order valence-electron chi connectivity index (χ4n) is 2.63. The highest BCUT2D eigenvalue weighted by Gasteiger charge is 2.72. The number of hydrogen-bond donors (Lipinski definition) is 0. The van der Waals surface area contributed by atoms with Gasteiger partial charge < -0.3 is 4.74 Å². The molecule has 0 radical (unpaired) electrons. The highest BCUT2D eigenvalue weighted by molar-refractivity contribution is 9.10. The molecular weight excluding hydrogens is 374 g/mol.